The molecule has 0 aromatic carbocycles. The highest BCUT2D eigenvalue weighted by atomic mass is 16.3. The third kappa shape index (κ3) is 2.18. The van der Waals surface area contributed by atoms with Crippen LogP contribution in [0.25, 0.3) is 0 Å². The lowest BCUT2D eigenvalue weighted by molar-refractivity contribution is -0.147. The first kappa shape index (κ1) is 12.5. The largest absolute Gasteiger partial charge is 0.389 e. The van der Waals surface area contributed by atoms with E-state index in [-0.39, 0.29) is 5.92 Å². The minimum atomic E-state index is -0.460. The number of carbonyl (C=O) groups excluding carboxylic acids is 1. The Bertz CT molecular complexity index is 339. The highest BCUT2D eigenvalue weighted by molar-refractivity contribution is 5.79. The zero-order chi connectivity index (χ0) is 12.8. The molecule has 3 unspecified atom stereocenters. The van der Waals surface area contributed by atoms with Crippen molar-refractivity contribution in [2.75, 3.05) is 13.1 Å². The van der Waals surface area contributed by atoms with Crippen LogP contribution < -0.4 is 0 Å². The van der Waals surface area contributed by atoms with Crippen molar-refractivity contribution in [2.24, 2.45) is 17.8 Å². The van der Waals surface area contributed by atoms with Crippen molar-refractivity contribution in [2.45, 2.75) is 57.5 Å². The average molecular weight is 251 g/mol. The first-order valence-electron chi connectivity index (χ1n) is 7.61. The van der Waals surface area contributed by atoms with E-state index in [2.05, 4.69) is 6.92 Å². The van der Waals surface area contributed by atoms with Gasteiger partial charge in [0, 0.05) is 24.9 Å². The minimum Gasteiger partial charge on any atom is -0.389 e. The molecule has 0 spiro atoms. The number of nitrogens with zero attached hydrogens (tertiary/aromatic N) is 1. The summed E-state index contributed by atoms with van der Waals surface area (Å²) in [5, 5.41) is 10.6. The Hall–Kier alpha value is -0.570. The van der Waals surface area contributed by atoms with E-state index in [4.69, 9.17) is 0 Å². The van der Waals surface area contributed by atoms with Gasteiger partial charge in [-0.05, 0) is 38.0 Å². The number of hydrogen-bond acceptors (Lipinski definition) is 2. The number of piperidine rings is 1. The summed E-state index contributed by atoms with van der Waals surface area (Å²) in [6.45, 7) is 3.65. The van der Waals surface area contributed by atoms with E-state index in [9.17, 15) is 9.90 Å². The number of hydrogen-bond donors (Lipinski definition) is 1. The quantitative estimate of drug-likeness (QED) is 0.817. The molecule has 1 aliphatic heterocycles. The van der Waals surface area contributed by atoms with Gasteiger partial charge >= 0.3 is 0 Å². The lowest BCUT2D eigenvalue weighted by Gasteiger charge is -2.47. The van der Waals surface area contributed by atoms with E-state index in [1.807, 2.05) is 4.90 Å². The Balaban J connectivity index is 1.64. The number of fused-ring (bicyclic) bond motifs is 1. The maximum Gasteiger partial charge on any atom is 0.225 e. The molecule has 0 bridgehead atoms. The third-order valence-electron chi connectivity index (χ3n) is 5.46. The molecule has 1 saturated heterocycles. The summed E-state index contributed by atoms with van der Waals surface area (Å²) >= 11 is 0. The fourth-order valence-electron chi connectivity index (χ4n) is 3.86. The van der Waals surface area contributed by atoms with Crippen LogP contribution in [0.4, 0.5) is 0 Å². The summed E-state index contributed by atoms with van der Waals surface area (Å²) in [7, 11) is 0. The van der Waals surface area contributed by atoms with Crippen LogP contribution in [0.2, 0.25) is 0 Å². The van der Waals surface area contributed by atoms with Crippen molar-refractivity contribution in [3.8, 4) is 0 Å². The maximum atomic E-state index is 12.4. The number of carbonyl (C=O) groups is 1. The molecule has 3 heteroatoms. The van der Waals surface area contributed by atoms with Gasteiger partial charge in [0.15, 0.2) is 0 Å². The summed E-state index contributed by atoms with van der Waals surface area (Å²) in [4.78, 5) is 14.4. The van der Waals surface area contributed by atoms with E-state index in [1.54, 1.807) is 0 Å². The number of aliphatic hydroxyl groups is 1. The van der Waals surface area contributed by atoms with Crippen molar-refractivity contribution in [1.29, 1.82) is 0 Å². The van der Waals surface area contributed by atoms with Crippen LogP contribution in [0.5, 0.6) is 0 Å². The summed E-state index contributed by atoms with van der Waals surface area (Å²) in [5.41, 5.74) is -0.460. The molecule has 0 aromatic heterocycles. The maximum absolute atomic E-state index is 12.4. The normalized spacial score (nSPS) is 38.1. The molecule has 1 heterocycles. The Morgan fingerprint density at radius 2 is 2.06 bits per heavy atom. The molecule has 3 nitrogen and oxygen atoms in total. The van der Waals surface area contributed by atoms with Gasteiger partial charge in [-0.2, -0.15) is 0 Å². The smallest absolute Gasteiger partial charge is 0.225 e. The molecule has 1 N–H and O–H groups in total. The van der Waals surface area contributed by atoms with Crippen molar-refractivity contribution in [3.63, 3.8) is 0 Å². The first-order chi connectivity index (χ1) is 8.60. The predicted octanol–water partition coefficient (Wildman–Crippen LogP) is 2.19. The Labute approximate surface area is 110 Å². The van der Waals surface area contributed by atoms with Gasteiger partial charge in [-0.1, -0.05) is 19.8 Å². The fraction of sp³-hybridized carbons (Fsp3) is 0.933. The van der Waals surface area contributed by atoms with Crippen molar-refractivity contribution >= 4 is 5.91 Å². The first-order valence-corrected chi connectivity index (χ1v) is 7.61. The van der Waals surface area contributed by atoms with Crippen molar-refractivity contribution < 1.29 is 9.90 Å². The SMILES string of the molecule is CC(C(=O)N1CCC2(O)CCCCC2C1)C1CC1. The van der Waals surface area contributed by atoms with Gasteiger partial charge in [-0.15, -0.1) is 0 Å². The van der Waals surface area contributed by atoms with E-state index in [0.717, 1.165) is 38.8 Å². The number of likely N-dealkylation sites (tertiary alicyclic amines) is 1. The number of amides is 1. The Morgan fingerprint density at radius 3 is 2.78 bits per heavy atom. The van der Waals surface area contributed by atoms with E-state index < -0.39 is 5.60 Å². The molecule has 102 valence electrons. The molecule has 3 atom stereocenters. The zero-order valence-electron chi connectivity index (χ0n) is 11.4. The molecular formula is C15H25NO2. The molecule has 0 aromatic rings. The van der Waals surface area contributed by atoms with E-state index in [1.165, 1.54) is 19.3 Å². The van der Waals surface area contributed by atoms with Crippen LogP contribution in [0, 0.1) is 17.8 Å². The minimum absolute atomic E-state index is 0.208. The Morgan fingerprint density at radius 1 is 1.28 bits per heavy atom. The molecule has 2 aliphatic carbocycles. The van der Waals surface area contributed by atoms with Crippen LogP contribution in [0.3, 0.4) is 0 Å². The standard InChI is InChI=1S/C15H25NO2/c1-11(12-5-6-12)14(17)16-9-8-15(18)7-3-2-4-13(15)10-16/h11-13,18H,2-10H2,1H3. The molecule has 1 amide bonds. The predicted molar refractivity (Wildman–Crippen MR) is 70.0 cm³/mol. The van der Waals surface area contributed by atoms with Crippen LogP contribution in [-0.4, -0.2) is 34.6 Å². The van der Waals surface area contributed by atoms with Gasteiger partial charge in [0.05, 0.1) is 5.60 Å². The van der Waals surface area contributed by atoms with Gasteiger partial charge in [-0.25, -0.2) is 0 Å². The Kier molecular flexibility index (Phi) is 3.13. The van der Waals surface area contributed by atoms with E-state index >= 15 is 0 Å². The molecule has 3 aliphatic rings. The second kappa shape index (κ2) is 4.52. The zero-order valence-corrected chi connectivity index (χ0v) is 11.4. The fourth-order valence-corrected chi connectivity index (χ4v) is 3.86. The molecule has 3 fully saturated rings. The second-order valence-corrected chi connectivity index (χ2v) is 6.71. The van der Waals surface area contributed by atoms with Crippen molar-refractivity contribution in [3.05, 3.63) is 0 Å². The second-order valence-electron chi connectivity index (χ2n) is 6.71. The van der Waals surface area contributed by atoms with Gasteiger partial charge in [0.25, 0.3) is 0 Å². The third-order valence-corrected chi connectivity index (χ3v) is 5.46. The lowest BCUT2D eigenvalue weighted by Crippen LogP contribution is -2.55. The molecule has 0 radical (unpaired) electrons. The van der Waals surface area contributed by atoms with Crippen molar-refractivity contribution in [1.82, 2.24) is 4.90 Å². The molecular weight excluding hydrogens is 226 g/mol. The van der Waals surface area contributed by atoms with Crippen LogP contribution >= 0.6 is 0 Å². The van der Waals surface area contributed by atoms with E-state index in [0.29, 0.717) is 17.7 Å². The monoisotopic (exact) mass is 251 g/mol. The van der Waals surface area contributed by atoms with Gasteiger partial charge < -0.3 is 10.0 Å². The molecule has 3 rings (SSSR count). The average Bonchev–Trinajstić information content (AvgIpc) is 3.20. The molecule has 2 saturated carbocycles. The van der Waals surface area contributed by atoms with Gasteiger partial charge in [0.1, 0.15) is 0 Å². The number of rotatable bonds is 2. The van der Waals surface area contributed by atoms with Gasteiger partial charge in [-0.3, -0.25) is 4.79 Å². The highest BCUT2D eigenvalue weighted by Gasteiger charge is 2.45. The summed E-state index contributed by atoms with van der Waals surface area (Å²) < 4.78 is 0. The van der Waals surface area contributed by atoms with Crippen LogP contribution in [-0.2, 0) is 4.79 Å². The van der Waals surface area contributed by atoms with Crippen LogP contribution in [0.1, 0.15) is 51.9 Å². The summed E-state index contributed by atoms with van der Waals surface area (Å²) in [5.74, 6) is 1.52. The molecule has 18 heavy (non-hydrogen) atoms. The van der Waals surface area contributed by atoms with Crippen LogP contribution in [0.15, 0.2) is 0 Å². The lowest BCUT2D eigenvalue weighted by atomic mass is 9.71. The highest BCUT2D eigenvalue weighted by Crippen LogP contribution is 2.42. The summed E-state index contributed by atoms with van der Waals surface area (Å²) in [6, 6.07) is 0. The topological polar surface area (TPSA) is 40.5 Å². The van der Waals surface area contributed by atoms with Gasteiger partial charge in [0.2, 0.25) is 5.91 Å². The summed E-state index contributed by atoms with van der Waals surface area (Å²) in [6.07, 6.45) is 7.66.